The van der Waals surface area contributed by atoms with Crippen LogP contribution in [0.2, 0.25) is 0 Å². The molecule has 2 nitrogen and oxygen atoms in total. The predicted molar refractivity (Wildman–Crippen MR) is 76.9 cm³/mol. The molecule has 20 heavy (non-hydrogen) atoms. The van der Waals surface area contributed by atoms with Gasteiger partial charge in [-0.05, 0) is 61.1 Å². The smallest absolute Gasteiger partial charge is 0.307 e. The number of halogens is 1. The van der Waals surface area contributed by atoms with Gasteiger partial charge in [0.2, 0.25) is 0 Å². The first-order valence-electron chi connectivity index (χ1n) is 7.43. The molecule has 1 aromatic rings. The Labute approximate surface area is 120 Å². The number of rotatable bonds is 4. The second-order valence-corrected chi connectivity index (χ2v) is 6.46. The summed E-state index contributed by atoms with van der Waals surface area (Å²) >= 11 is 0. The predicted octanol–water partition coefficient (Wildman–Crippen LogP) is 4.14. The summed E-state index contributed by atoms with van der Waals surface area (Å²) in [6.07, 6.45) is 3.55. The molecule has 3 heteroatoms. The second kappa shape index (κ2) is 6.38. The van der Waals surface area contributed by atoms with Gasteiger partial charge in [0, 0.05) is 0 Å². The van der Waals surface area contributed by atoms with E-state index in [1.807, 2.05) is 6.07 Å². The molecule has 1 saturated carbocycles. The number of hydrogen-bond acceptors (Lipinski definition) is 1. The van der Waals surface area contributed by atoms with Gasteiger partial charge in [0.25, 0.3) is 0 Å². The average molecular weight is 278 g/mol. The first-order valence-corrected chi connectivity index (χ1v) is 7.43. The molecule has 1 fully saturated rings. The van der Waals surface area contributed by atoms with Crippen molar-refractivity contribution >= 4 is 5.97 Å². The van der Waals surface area contributed by atoms with Crippen LogP contribution in [-0.4, -0.2) is 11.1 Å². The van der Waals surface area contributed by atoms with E-state index in [9.17, 15) is 14.3 Å². The van der Waals surface area contributed by atoms with Gasteiger partial charge in [0.05, 0.1) is 5.92 Å². The SMILES string of the molecule is CC1CC(C)CC(C(Cc2cccc(F)c2)C(=O)O)C1. The van der Waals surface area contributed by atoms with Crippen LogP contribution < -0.4 is 0 Å². The molecular weight excluding hydrogens is 255 g/mol. The molecule has 0 spiro atoms. The summed E-state index contributed by atoms with van der Waals surface area (Å²) in [5.74, 6) is -0.0784. The Kier molecular flexibility index (Phi) is 4.79. The quantitative estimate of drug-likeness (QED) is 0.898. The maximum Gasteiger partial charge on any atom is 0.307 e. The van der Waals surface area contributed by atoms with Crippen molar-refractivity contribution in [1.29, 1.82) is 0 Å². The molecule has 0 aliphatic heterocycles. The van der Waals surface area contributed by atoms with Crippen LogP contribution >= 0.6 is 0 Å². The number of benzene rings is 1. The van der Waals surface area contributed by atoms with E-state index in [2.05, 4.69) is 13.8 Å². The molecule has 0 radical (unpaired) electrons. The first kappa shape index (κ1) is 15.0. The molecule has 1 aromatic carbocycles. The normalized spacial score (nSPS) is 28.1. The van der Waals surface area contributed by atoms with Crippen molar-refractivity contribution in [2.75, 3.05) is 0 Å². The van der Waals surface area contributed by atoms with E-state index in [0.29, 0.717) is 18.3 Å². The van der Waals surface area contributed by atoms with Gasteiger partial charge in [-0.25, -0.2) is 4.39 Å². The minimum atomic E-state index is -0.749. The minimum absolute atomic E-state index is 0.203. The zero-order chi connectivity index (χ0) is 14.7. The Morgan fingerprint density at radius 1 is 1.30 bits per heavy atom. The van der Waals surface area contributed by atoms with Gasteiger partial charge >= 0.3 is 5.97 Å². The summed E-state index contributed by atoms with van der Waals surface area (Å²) in [4.78, 5) is 11.6. The van der Waals surface area contributed by atoms with E-state index < -0.39 is 11.9 Å². The molecule has 0 bridgehead atoms. The third-order valence-corrected chi connectivity index (χ3v) is 4.45. The van der Waals surface area contributed by atoms with E-state index in [4.69, 9.17) is 0 Å². The number of aliphatic carboxylic acids is 1. The number of hydrogen-bond donors (Lipinski definition) is 1. The largest absolute Gasteiger partial charge is 0.481 e. The maximum absolute atomic E-state index is 13.2. The summed E-state index contributed by atoms with van der Waals surface area (Å²) < 4.78 is 13.2. The molecule has 3 unspecified atom stereocenters. The molecule has 1 aliphatic carbocycles. The summed E-state index contributed by atoms with van der Waals surface area (Å²) in [6, 6.07) is 6.31. The molecule has 1 N–H and O–H groups in total. The molecule has 0 aromatic heterocycles. The molecule has 0 amide bonds. The van der Waals surface area contributed by atoms with Crippen molar-refractivity contribution in [3.05, 3.63) is 35.6 Å². The van der Waals surface area contributed by atoms with Crippen molar-refractivity contribution in [2.24, 2.45) is 23.7 Å². The molecule has 110 valence electrons. The highest BCUT2D eigenvalue weighted by Crippen LogP contribution is 2.38. The van der Waals surface area contributed by atoms with Crippen LogP contribution in [-0.2, 0) is 11.2 Å². The Hall–Kier alpha value is -1.38. The van der Waals surface area contributed by atoms with Crippen LogP contribution in [0.15, 0.2) is 24.3 Å². The highest BCUT2D eigenvalue weighted by molar-refractivity contribution is 5.70. The van der Waals surface area contributed by atoms with Gasteiger partial charge in [-0.1, -0.05) is 26.0 Å². The fourth-order valence-electron chi connectivity index (χ4n) is 3.71. The number of carboxylic acids is 1. The van der Waals surface area contributed by atoms with Gasteiger partial charge < -0.3 is 5.11 Å². The van der Waals surface area contributed by atoms with Crippen molar-refractivity contribution in [3.8, 4) is 0 Å². The van der Waals surface area contributed by atoms with Crippen molar-refractivity contribution < 1.29 is 14.3 Å². The van der Waals surface area contributed by atoms with Gasteiger partial charge in [-0.2, -0.15) is 0 Å². The molecular formula is C17H23FO2. The lowest BCUT2D eigenvalue weighted by Crippen LogP contribution is -2.32. The summed E-state index contributed by atoms with van der Waals surface area (Å²) in [5, 5.41) is 9.53. The lowest BCUT2D eigenvalue weighted by atomic mass is 9.70. The Morgan fingerprint density at radius 3 is 2.50 bits per heavy atom. The third-order valence-electron chi connectivity index (χ3n) is 4.45. The molecule has 0 heterocycles. The zero-order valence-corrected chi connectivity index (χ0v) is 12.2. The third kappa shape index (κ3) is 3.81. The van der Waals surface area contributed by atoms with E-state index >= 15 is 0 Å². The van der Waals surface area contributed by atoms with Crippen LogP contribution in [0.25, 0.3) is 0 Å². The van der Waals surface area contributed by atoms with Crippen LogP contribution in [0.5, 0.6) is 0 Å². The second-order valence-electron chi connectivity index (χ2n) is 6.46. The van der Waals surface area contributed by atoms with E-state index in [1.54, 1.807) is 6.07 Å². The van der Waals surface area contributed by atoms with Crippen molar-refractivity contribution in [3.63, 3.8) is 0 Å². The molecule has 1 aliphatic rings. The highest BCUT2D eigenvalue weighted by atomic mass is 19.1. The fraction of sp³-hybridized carbons (Fsp3) is 0.588. The molecule has 3 atom stereocenters. The van der Waals surface area contributed by atoms with Gasteiger partial charge in [0.15, 0.2) is 0 Å². The van der Waals surface area contributed by atoms with E-state index in [-0.39, 0.29) is 11.7 Å². The van der Waals surface area contributed by atoms with Crippen molar-refractivity contribution in [1.82, 2.24) is 0 Å². The lowest BCUT2D eigenvalue weighted by Gasteiger charge is -2.35. The lowest BCUT2D eigenvalue weighted by molar-refractivity contribution is -0.144. The van der Waals surface area contributed by atoms with Crippen LogP contribution in [0.3, 0.4) is 0 Å². The van der Waals surface area contributed by atoms with E-state index in [1.165, 1.54) is 18.6 Å². The van der Waals surface area contributed by atoms with Crippen LogP contribution in [0, 0.1) is 29.5 Å². The molecule has 0 saturated heterocycles. The summed E-state index contributed by atoms with van der Waals surface area (Å²) in [5.41, 5.74) is 0.781. The monoisotopic (exact) mass is 278 g/mol. The Bertz CT molecular complexity index is 462. The fourth-order valence-corrected chi connectivity index (χ4v) is 3.71. The molecule has 2 rings (SSSR count). The first-order chi connectivity index (χ1) is 9.45. The topological polar surface area (TPSA) is 37.3 Å². The van der Waals surface area contributed by atoms with Gasteiger partial charge in [-0.3, -0.25) is 4.79 Å². The minimum Gasteiger partial charge on any atom is -0.481 e. The highest BCUT2D eigenvalue weighted by Gasteiger charge is 2.34. The van der Waals surface area contributed by atoms with Crippen LogP contribution in [0.4, 0.5) is 4.39 Å². The Morgan fingerprint density at radius 2 is 1.95 bits per heavy atom. The zero-order valence-electron chi connectivity index (χ0n) is 12.2. The van der Waals surface area contributed by atoms with E-state index in [0.717, 1.165) is 18.4 Å². The van der Waals surface area contributed by atoms with Gasteiger partial charge in [-0.15, -0.1) is 0 Å². The number of carbonyl (C=O) groups is 1. The standard InChI is InChI=1S/C17H23FO2/c1-11-6-12(2)8-14(7-11)16(17(19)20)10-13-4-3-5-15(18)9-13/h3-5,9,11-12,14,16H,6-8,10H2,1-2H3,(H,19,20). The number of carboxylic acid groups (broad SMARTS) is 1. The van der Waals surface area contributed by atoms with Crippen LogP contribution in [0.1, 0.15) is 38.7 Å². The summed E-state index contributed by atoms with van der Waals surface area (Å²) in [6.45, 7) is 4.40. The van der Waals surface area contributed by atoms with Crippen molar-refractivity contribution in [2.45, 2.75) is 39.5 Å². The van der Waals surface area contributed by atoms with Gasteiger partial charge in [0.1, 0.15) is 5.82 Å². The average Bonchev–Trinajstić information content (AvgIpc) is 2.34. The summed E-state index contributed by atoms with van der Waals surface area (Å²) in [7, 11) is 0. The Balaban J connectivity index is 2.12. The maximum atomic E-state index is 13.2.